The van der Waals surface area contributed by atoms with Gasteiger partial charge in [-0.1, -0.05) is 0 Å². The molecule has 17 heteroatoms. The van der Waals surface area contributed by atoms with Crippen LogP contribution in [0.1, 0.15) is 45.6 Å². The average Bonchev–Trinajstić information content (AvgIpc) is 3.29. The van der Waals surface area contributed by atoms with Crippen LogP contribution < -0.4 is 9.75 Å². The number of rotatable bonds is 6. The molecule has 2 aromatic heterocycles. The van der Waals surface area contributed by atoms with E-state index in [4.69, 9.17) is 26.0 Å². The molecule has 0 N–H and O–H groups in total. The molecular formula is C32H32F2N5O6PS2Tl+. The summed E-state index contributed by atoms with van der Waals surface area (Å²) in [6, 6.07) is 5.95. The van der Waals surface area contributed by atoms with E-state index < -0.39 is 61.4 Å². The molecule has 0 unspecified atom stereocenters. The third-order valence-corrected chi connectivity index (χ3v) is 14.5. The molecule has 1 saturated heterocycles. The SMILES string of the molecule is COCOc1cc(-c2ncc3c(N4CCCCCN4C(=O)OC(C)(C)C)nc(S(C)(=O)=O)nc3c2F)c2c(C#[C][Tl]=[P+]=S)c(F)ccc2c1. The van der Waals surface area contributed by atoms with Crippen LogP contribution in [-0.2, 0) is 31.1 Å². The topological polar surface area (TPSA) is 124 Å². The molecule has 2 aromatic carbocycles. The predicted molar refractivity (Wildman–Crippen MR) is 187 cm³/mol. The number of hydrogen-bond donors (Lipinski definition) is 0. The fourth-order valence-electron chi connectivity index (χ4n) is 5.30. The van der Waals surface area contributed by atoms with Crippen molar-refractivity contribution in [2.75, 3.05) is 38.3 Å². The van der Waals surface area contributed by atoms with Gasteiger partial charge >= 0.3 is 240 Å². The van der Waals surface area contributed by atoms with Crippen LogP contribution in [0.15, 0.2) is 35.6 Å². The maximum atomic E-state index is 17.0. The van der Waals surface area contributed by atoms with Gasteiger partial charge in [-0.25, -0.2) is 4.79 Å². The van der Waals surface area contributed by atoms with Crippen LogP contribution in [0.5, 0.6) is 5.75 Å². The van der Waals surface area contributed by atoms with E-state index >= 15 is 8.78 Å². The number of benzene rings is 2. The molecule has 1 aliphatic heterocycles. The Morgan fingerprint density at radius 1 is 1.14 bits per heavy atom. The summed E-state index contributed by atoms with van der Waals surface area (Å²) in [4.78, 5) is 26.4. The van der Waals surface area contributed by atoms with Crippen molar-refractivity contribution in [2.45, 2.75) is 50.8 Å². The van der Waals surface area contributed by atoms with Gasteiger partial charge in [0, 0.05) is 6.54 Å². The zero-order valence-electron chi connectivity index (χ0n) is 27.4. The molecule has 0 radical (unpaired) electrons. The molecule has 0 atom stereocenters. The number of methoxy groups -OCH3 is 1. The van der Waals surface area contributed by atoms with Gasteiger partial charge in [-0.05, 0) is 40.0 Å². The summed E-state index contributed by atoms with van der Waals surface area (Å²) >= 11 is 3.44. The van der Waals surface area contributed by atoms with Gasteiger partial charge in [0.05, 0.1) is 0 Å². The average molecular weight is 920 g/mol. The molecular weight excluding hydrogens is 888 g/mol. The summed E-state index contributed by atoms with van der Waals surface area (Å²) in [5.74, 6) is 1.60. The van der Waals surface area contributed by atoms with E-state index in [0.29, 0.717) is 18.2 Å². The summed E-state index contributed by atoms with van der Waals surface area (Å²) < 4.78 is 78.4. The number of anilines is 1. The Balaban J connectivity index is 1.82. The minimum absolute atomic E-state index is 0.0220. The molecule has 4 aromatic rings. The second-order valence-electron chi connectivity index (χ2n) is 12.1. The van der Waals surface area contributed by atoms with E-state index in [1.807, 2.05) is 0 Å². The number of aromatic nitrogens is 3. The first-order valence-corrected chi connectivity index (χ1v) is 27.3. The standard InChI is InChI=1S/C32H32F2N5O6S.PS.Tl/c1-7-21-24(33)12-11-19-15-20(44-18-43-5)16-22(25(19)21)27-26(34)28-23(17-35-27)29(37-30(36-28)46(6,41)42)38-13-9-8-10-14-39(38)31(40)45-32(2,3)4;1-2;/h11-12,15-17H,8-10,13-14,18H2,2-6H3;;/q;-1;+2. The fraction of sp³-hybridized carbons (Fsp3) is 0.375. The number of carbonyl (C=O) groups is 1. The molecule has 0 bridgehead atoms. The number of amides is 1. The number of halogens is 2. The number of pyridine rings is 1. The fourth-order valence-corrected chi connectivity index (χ4v) is 9.24. The molecule has 1 fully saturated rings. The van der Waals surface area contributed by atoms with Crippen molar-refractivity contribution in [3.05, 3.63) is 47.7 Å². The zero-order valence-corrected chi connectivity index (χ0v) is 34.4. The molecule has 5 rings (SSSR count). The molecule has 0 saturated carbocycles. The molecule has 0 aliphatic carbocycles. The first-order valence-electron chi connectivity index (χ1n) is 15.1. The Bertz CT molecular complexity index is 2190. The maximum absolute atomic E-state index is 17.0. The van der Waals surface area contributed by atoms with Gasteiger partial charge in [0.25, 0.3) is 0 Å². The second kappa shape index (κ2) is 15.5. The third kappa shape index (κ3) is 8.47. The number of hydrazine groups is 1. The van der Waals surface area contributed by atoms with Gasteiger partial charge in [0.1, 0.15) is 5.60 Å². The van der Waals surface area contributed by atoms with Gasteiger partial charge in [-0.15, -0.1) is 0 Å². The van der Waals surface area contributed by atoms with Crippen LogP contribution in [-0.4, -0.2) is 96.4 Å². The zero-order chi connectivity index (χ0) is 35.5. The van der Waals surface area contributed by atoms with E-state index in [-0.39, 0.29) is 64.6 Å². The second-order valence-corrected chi connectivity index (χ2v) is 26.6. The number of ether oxygens (including phenoxy) is 3. The van der Waals surface area contributed by atoms with Gasteiger partial charge in [0.15, 0.2) is 0 Å². The van der Waals surface area contributed by atoms with Crippen molar-refractivity contribution >= 4 is 82.3 Å². The van der Waals surface area contributed by atoms with Crippen molar-refractivity contribution in [3.63, 3.8) is 0 Å². The van der Waals surface area contributed by atoms with E-state index in [9.17, 15) is 13.2 Å². The van der Waals surface area contributed by atoms with Gasteiger partial charge < -0.3 is 4.74 Å². The van der Waals surface area contributed by atoms with Crippen LogP contribution in [0, 0.1) is 21.0 Å². The van der Waals surface area contributed by atoms with Crippen molar-refractivity contribution in [2.24, 2.45) is 0 Å². The Kier molecular flexibility index (Phi) is 11.7. The van der Waals surface area contributed by atoms with Crippen molar-refractivity contribution in [1.29, 1.82) is 0 Å². The van der Waals surface area contributed by atoms with E-state index in [0.717, 1.165) is 16.7 Å². The Labute approximate surface area is 299 Å². The van der Waals surface area contributed by atoms with Crippen LogP contribution in [0.4, 0.5) is 19.4 Å². The molecule has 254 valence electrons. The van der Waals surface area contributed by atoms with Crippen molar-refractivity contribution in [1.82, 2.24) is 20.0 Å². The van der Waals surface area contributed by atoms with Crippen LogP contribution in [0.2, 0.25) is 0 Å². The van der Waals surface area contributed by atoms with Gasteiger partial charge in [0.2, 0.25) is 0 Å². The number of hydrogen-bond acceptors (Lipinski definition) is 11. The summed E-state index contributed by atoms with van der Waals surface area (Å²) in [7, 11) is -2.63. The van der Waals surface area contributed by atoms with Crippen molar-refractivity contribution in [3.8, 4) is 26.4 Å². The number of fused-ring (bicyclic) bond motifs is 2. The molecule has 0 spiro atoms. The van der Waals surface area contributed by atoms with E-state index in [2.05, 4.69) is 24.4 Å². The Hall–Kier alpha value is -3.04. The minimum atomic E-state index is -4.08. The number of sulfone groups is 1. The molecule has 3 heterocycles. The van der Waals surface area contributed by atoms with Gasteiger partial charge in [-0.3, -0.25) is 0 Å². The van der Waals surface area contributed by atoms with Crippen LogP contribution >= 0.6 is 4.00 Å². The summed E-state index contributed by atoms with van der Waals surface area (Å²) in [5.41, 5.74) is -1.22. The first kappa shape index (κ1) is 37.2. The van der Waals surface area contributed by atoms with E-state index in [1.54, 1.807) is 26.8 Å². The van der Waals surface area contributed by atoms with Crippen LogP contribution in [0.25, 0.3) is 32.9 Å². The monoisotopic (exact) mass is 920 g/mol. The Morgan fingerprint density at radius 3 is 2.59 bits per heavy atom. The predicted octanol–water partition coefficient (Wildman–Crippen LogP) is 5.99. The quantitative estimate of drug-likeness (QED) is 0.0746. The molecule has 11 nitrogen and oxygen atoms in total. The summed E-state index contributed by atoms with van der Waals surface area (Å²) in [6.45, 7) is 5.61. The number of nitrogens with zero attached hydrogens (tertiary/aromatic N) is 5. The normalized spacial score (nSPS) is 13.8. The molecule has 1 amide bonds. The van der Waals surface area contributed by atoms with E-state index in [1.165, 1.54) is 41.5 Å². The first-order chi connectivity index (χ1) is 23.2. The summed E-state index contributed by atoms with van der Waals surface area (Å²) in [5, 5.41) is 3.06. The third-order valence-electron chi connectivity index (χ3n) is 7.31. The number of carbonyl (C=O) groups excluding carboxylic acids is 1. The van der Waals surface area contributed by atoms with Crippen LogP contribution in [0.3, 0.4) is 0 Å². The van der Waals surface area contributed by atoms with Crippen molar-refractivity contribution < 1.29 is 36.2 Å². The Morgan fingerprint density at radius 2 is 1.90 bits per heavy atom. The summed E-state index contributed by atoms with van der Waals surface area (Å²) in [6.07, 6.45) is 3.64. The molecule has 49 heavy (non-hydrogen) atoms. The molecule has 1 aliphatic rings. The van der Waals surface area contributed by atoms with Gasteiger partial charge in [-0.2, -0.15) is 0 Å².